The van der Waals surface area contributed by atoms with Crippen LogP contribution in [0.25, 0.3) is 0 Å². The SMILES string of the molecule is CCC(CC)C(=O)NC1CC(=O)N(c2cccc(F)c2)C1. The van der Waals surface area contributed by atoms with E-state index in [9.17, 15) is 14.0 Å². The molecule has 4 nitrogen and oxygen atoms in total. The van der Waals surface area contributed by atoms with Gasteiger partial charge in [0.15, 0.2) is 0 Å². The molecule has 1 fully saturated rings. The van der Waals surface area contributed by atoms with Crippen molar-refractivity contribution in [1.29, 1.82) is 0 Å². The number of amides is 2. The van der Waals surface area contributed by atoms with Crippen LogP contribution in [-0.4, -0.2) is 24.4 Å². The molecule has 1 aliphatic heterocycles. The zero-order valence-electron chi connectivity index (χ0n) is 12.4. The maximum atomic E-state index is 13.2. The highest BCUT2D eigenvalue weighted by Crippen LogP contribution is 2.22. The molecule has 114 valence electrons. The Kier molecular flexibility index (Phi) is 4.94. The highest BCUT2D eigenvalue weighted by molar-refractivity contribution is 5.96. The molecule has 0 saturated carbocycles. The molecular formula is C16H21FN2O2. The van der Waals surface area contributed by atoms with Gasteiger partial charge in [0, 0.05) is 24.6 Å². The number of rotatable bonds is 5. The van der Waals surface area contributed by atoms with Crippen LogP contribution in [0.5, 0.6) is 0 Å². The number of nitrogens with zero attached hydrogens (tertiary/aromatic N) is 1. The predicted molar refractivity (Wildman–Crippen MR) is 79.4 cm³/mol. The number of carbonyl (C=O) groups excluding carboxylic acids is 2. The quantitative estimate of drug-likeness (QED) is 0.906. The number of hydrogen-bond acceptors (Lipinski definition) is 2. The van der Waals surface area contributed by atoms with Gasteiger partial charge in [0.1, 0.15) is 5.82 Å². The van der Waals surface area contributed by atoms with E-state index in [1.165, 1.54) is 17.0 Å². The summed E-state index contributed by atoms with van der Waals surface area (Å²) in [7, 11) is 0. The van der Waals surface area contributed by atoms with Crippen molar-refractivity contribution in [2.75, 3.05) is 11.4 Å². The first-order valence-corrected chi connectivity index (χ1v) is 7.41. The van der Waals surface area contributed by atoms with Crippen molar-refractivity contribution in [3.63, 3.8) is 0 Å². The summed E-state index contributed by atoms with van der Waals surface area (Å²) < 4.78 is 13.2. The Morgan fingerprint density at radius 2 is 2.14 bits per heavy atom. The van der Waals surface area contributed by atoms with E-state index >= 15 is 0 Å². The molecule has 1 aromatic rings. The van der Waals surface area contributed by atoms with Gasteiger partial charge in [0.05, 0.1) is 6.04 Å². The lowest BCUT2D eigenvalue weighted by Gasteiger charge is -2.19. The summed E-state index contributed by atoms with van der Waals surface area (Å²) in [5.74, 6) is -0.470. The standard InChI is InChI=1S/C16H21FN2O2/c1-3-11(4-2)16(21)18-13-9-15(20)19(10-13)14-7-5-6-12(17)8-14/h5-8,11,13H,3-4,9-10H2,1-2H3,(H,18,21). The predicted octanol–water partition coefficient (Wildman–Crippen LogP) is 2.48. The average Bonchev–Trinajstić information content (AvgIpc) is 2.81. The van der Waals surface area contributed by atoms with Gasteiger partial charge in [0.25, 0.3) is 0 Å². The molecule has 2 amide bonds. The van der Waals surface area contributed by atoms with E-state index in [-0.39, 0.29) is 36.0 Å². The minimum absolute atomic E-state index is 0.00103. The third-order valence-electron chi connectivity index (χ3n) is 3.95. The normalized spacial score (nSPS) is 18.4. The summed E-state index contributed by atoms with van der Waals surface area (Å²) in [4.78, 5) is 25.6. The second-order valence-electron chi connectivity index (χ2n) is 5.41. The lowest BCUT2D eigenvalue weighted by Crippen LogP contribution is -2.40. The van der Waals surface area contributed by atoms with Crippen LogP contribution in [0.4, 0.5) is 10.1 Å². The highest BCUT2D eigenvalue weighted by atomic mass is 19.1. The minimum Gasteiger partial charge on any atom is -0.351 e. The van der Waals surface area contributed by atoms with Crippen molar-refractivity contribution >= 4 is 17.5 Å². The minimum atomic E-state index is -0.371. The van der Waals surface area contributed by atoms with Crippen LogP contribution in [0.1, 0.15) is 33.1 Å². The van der Waals surface area contributed by atoms with E-state index in [2.05, 4.69) is 5.32 Å². The first kappa shape index (κ1) is 15.5. The van der Waals surface area contributed by atoms with Crippen LogP contribution < -0.4 is 10.2 Å². The van der Waals surface area contributed by atoms with Gasteiger partial charge in [-0.05, 0) is 31.0 Å². The Bertz CT molecular complexity index is 529. The zero-order valence-corrected chi connectivity index (χ0v) is 12.4. The van der Waals surface area contributed by atoms with Crippen molar-refractivity contribution in [2.24, 2.45) is 5.92 Å². The van der Waals surface area contributed by atoms with E-state index in [1.54, 1.807) is 12.1 Å². The van der Waals surface area contributed by atoms with Gasteiger partial charge in [-0.2, -0.15) is 0 Å². The maximum Gasteiger partial charge on any atom is 0.229 e. The largest absolute Gasteiger partial charge is 0.351 e. The number of carbonyl (C=O) groups is 2. The van der Waals surface area contributed by atoms with Crippen LogP contribution in [-0.2, 0) is 9.59 Å². The lowest BCUT2D eigenvalue weighted by molar-refractivity contribution is -0.125. The van der Waals surface area contributed by atoms with Crippen molar-refractivity contribution in [1.82, 2.24) is 5.32 Å². The van der Waals surface area contributed by atoms with Gasteiger partial charge >= 0.3 is 0 Å². The van der Waals surface area contributed by atoms with Crippen LogP contribution in [0, 0.1) is 11.7 Å². The van der Waals surface area contributed by atoms with Crippen molar-refractivity contribution < 1.29 is 14.0 Å². The molecule has 0 spiro atoms. The second kappa shape index (κ2) is 6.70. The molecule has 0 bridgehead atoms. The fourth-order valence-corrected chi connectivity index (χ4v) is 2.68. The molecule has 1 atom stereocenters. The number of halogens is 1. The molecule has 0 aromatic heterocycles. The summed E-state index contributed by atoms with van der Waals surface area (Å²) in [6.07, 6.45) is 1.84. The van der Waals surface area contributed by atoms with Crippen LogP contribution in [0.15, 0.2) is 24.3 Å². The van der Waals surface area contributed by atoms with Gasteiger partial charge in [-0.25, -0.2) is 4.39 Å². The first-order chi connectivity index (χ1) is 10.0. The Morgan fingerprint density at radius 1 is 1.43 bits per heavy atom. The van der Waals surface area contributed by atoms with E-state index in [0.29, 0.717) is 12.2 Å². The van der Waals surface area contributed by atoms with Crippen LogP contribution in [0.3, 0.4) is 0 Å². The number of benzene rings is 1. The zero-order chi connectivity index (χ0) is 15.4. The molecule has 21 heavy (non-hydrogen) atoms. The molecule has 1 heterocycles. The van der Waals surface area contributed by atoms with Crippen molar-refractivity contribution in [2.45, 2.75) is 39.2 Å². The Morgan fingerprint density at radius 3 is 2.76 bits per heavy atom. The molecule has 0 radical (unpaired) electrons. The lowest BCUT2D eigenvalue weighted by atomic mass is 10.0. The summed E-state index contributed by atoms with van der Waals surface area (Å²) in [5.41, 5.74) is 0.541. The maximum absolute atomic E-state index is 13.2. The van der Waals surface area contributed by atoms with Crippen molar-refractivity contribution in [3.8, 4) is 0 Å². The Balaban J connectivity index is 2.01. The van der Waals surface area contributed by atoms with E-state index in [1.807, 2.05) is 13.8 Å². The van der Waals surface area contributed by atoms with Gasteiger partial charge in [-0.15, -0.1) is 0 Å². The highest BCUT2D eigenvalue weighted by Gasteiger charge is 2.32. The smallest absolute Gasteiger partial charge is 0.229 e. The Hall–Kier alpha value is -1.91. The second-order valence-corrected chi connectivity index (χ2v) is 5.41. The third-order valence-corrected chi connectivity index (χ3v) is 3.95. The molecular weight excluding hydrogens is 271 g/mol. The monoisotopic (exact) mass is 292 g/mol. The average molecular weight is 292 g/mol. The topological polar surface area (TPSA) is 49.4 Å². The summed E-state index contributed by atoms with van der Waals surface area (Å²) in [5, 5.41) is 2.93. The molecule has 1 N–H and O–H groups in total. The van der Waals surface area contributed by atoms with Crippen LogP contribution >= 0.6 is 0 Å². The van der Waals surface area contributed by atoms with Gasteiger partial charge in [-0.1, -0.05) is 19.9 Å². The molecule has 5 heteroatoms. The third kappa shape index (κ3) is 3.60. The van der Waals surface area contributed by atoms with Gasteiger partial charge in [0.2, 0.25) is 11.8 Å². The fraction of sp³-hybridized carbons (Fsp3) is 0.500. The summed E-state index contributed by atoms with van der Waals surface area (Å²) in [6, 6.07) is 5.76. The van der Waals surface area contributed by atoms with Crippen LogP contribution in [0.2, 0.25) is 0 Å². The summed E-state index contributed by atoms with van der Waals surface area (Å²) >= 11 is 0. The number of hydrogen-bond donors (Lipinski definition) is 1. The molecule has 1 saturated heterocycles. The number of anilines is 1. The molecule has 1 unspecified atom stereocenters. The molecule has 0 aliphatic carbocycles. The van der Waals surface area contributed by atoms with E-state index in [4.69, 9.17) is 0 Å². The fourth-order valence-electron chi connectivity index (χ4n) is 2.68. The van der Waals surface area contributed by atoms with Gasteiger partial charge in [-0.3, -0.25) is 9.59 Å². The molecule has 1 aromatic carbocycles. The van der Waals surface area contributed by atoms with Crippen molar-refractivity contribution in [3.05, 3.63) is 30.1 Å². The van der Waals surface area contributed by atoms with E-state index in [0.717, 1.165) is 12.8 Å². The number of nitrogens with one attached hydrogen (secondary N) is 1. The Labute approximate surface area is 124 Å². The summed E-state index contributed by atoms with van der Waals surface area (Å²) in [6.45, 7) is 4.35. The van der Waals surface area contributed by atoms with Gasteiger partial charge < -0.3 is 10.2 Å². The molecule has 2 rings (SSSR count). The van der Waals surface area contributed by atoms with E-state index < -0.39 is 0 Å². The first-order valence-electron chi connectivity index (χ1n) is 7.41. The molecule has 1 aliphatic rings.